The zero-order valence-corrected chi connectivity index (χ0v) is 15.5. The molecule has 0 aromatic carbocycles. The number of nitrogens with zero attached hydrogens (tertiary/aromatic N) is 4. The van der Waals surface area contributed by atoms with Gasteiger partial charge in [-0.1, -0.05) is 6.07 Å². The molecule has 0 aliphatic carbocycles. The number of rotatable bonds is 5. The molecule has 0 amide bonds. The summed E-state index contributed by atoms with van der Waals surface area (Å²) in [6.45, 7) is 6.53. The lowest BCUT2D eigenvalue weighted by Gasteiger charge is -2.43. The van der Waals surface area contributed by atoms with Gasteiger partial charge in [0.2, 0.25) is 0 Å². The van der Waals surface area contributed by atoms with Crippen molar-refractivity contribution in [3.8, 4) is 11.5 Å². The number of aromatic nitrogens is 3. The molecule has 0 bridgehead atoms. The van der Waals surface area contributed by atoms with E-state index in [1.54, 1.807) is 6.20 Å². The summed E-state index contributed by atoms with van der Waals surface area (Å²) in [5, 5.41) is 3.58. The molecule has 2 aromatic heterocycles. The summed E-state index contributed by atoms with van der Waals surface area (Å²) < 4.78 is 5.56. The lowest BCUT2D eigenvalue weighted by molar-refractivity contribution is -0.000670. The van der Waals surface area contributed by atoms with Crippen LogP contribution >= 0.6 is 0 Å². The van der Waals surface area contributed by atoms with Gasteiger partial charge in [-0.25, -0.2) is 9.97 Å². The summed E-state index contributed by atoms with van der Waals surface area (Å²) in [6, 6.07) is 5.79. The van der Waals surface area contributed by atoms with Crippen molar-refractivity contribution in [2.45, 2.75) is 32.2 Å². The number of pyridine rings is 1. The zero-order chi connectivity index (χ0) is 17.9. The molecule has 1 saturated heterocycles. The molecular weight excluding hydrogens is 314 g/mol. The highest BCUT2D eigenvalue weighted by Gasteiger charge is 2.34. The average molecular weight is 341 g/mol. The fourth-order valence-electron chi connectivity index (χ4n) is 3.19. The Bertz CT molecular complexity index is 711. The molecule has 3 heterocycles. The fourth-order valence-corrected chi connectivity index (χ4v) is 3.19. The van der Waals surface area contributed by atoms with E-state index in [1.165, 1.54) is 0 Å². The predicted molar refractivity (Wildman–Crippen MR) is 99.7 cm³/mol. The Balaban J connectivity index is 1.85. The lowest BCUT2D eigenvalue weighted by Crippen LogP contribution is -2.53. The van der Waals surface area contributed by atoms with Crippen molar-refractivity contribution in [2.75, 3.05) is 39.2 Å². The number of anilines is 1. The van der Waals surface area contributed by atoms with Gasteiger partial charge in [0, 0.05) is 42.8 Å². The normalized spacial score (nSPS) is 16.8. The van der Waals surface area contributed by atoms with E-state index in [0.717, 1.165) is 55.4 Å². The van der Waals surface area contributed by atoms with E-state index in [0.29, 0.717) is 5.82 Å². The molecule has 25 heavy (non-hydrogen) atoms. The Morgan fingerprint density at radius 1 is 1.16 bits per heavy atom. The van der Waals surface area contributed by atoms with E-state index < -0.39 is 0 Å². The Hall–Kier alpha value is -2.05. The van der Waals surface area contributed by atoms with Gasteiger partial charge in [0.05, 0.1) is 0 Å². The smallest absolute Gasteiger partial charge is 0.180 e. The average Bonchev–Trinajstić information content (AvgIpc) is 2.64. The predicted octanol–water partition coefficient (Wildman–Crippen LogP) is 2.68. The van der Waals surface area contributed by atoms with Crippen molar-refractivity contribution in [3.63, 3.8) is 0 Å². The molecule has 0 radical (unpaired) electrons. The first kappa shape index (κ1) is 17.8. The summed E-state index contributed by atoms with van der Waals surface area (Å²) in [5.74, 6) is 1.55. The number of ether oxygens (including phenoxy) is 1. The van der Waals surface area contributed by atoms with Crippen LogP contribution in [0.5, 0.6) is 0 Å². The molecule has 2 aromatic rings. The number of aryl methyl sites for hydroxylation is 1. The van der Waals surface area contributed by atoms with Gasteiger partial charge in [0.1, 0.15) is 11.5 Å². The van der Waals surface area contributed by atoms with Gasteiger partial charge in [-0.05, 0) is 52.9 Å². The van der Waals surface area contributed by atoms with Crippen LogP contribution in [-0.2, 0) is 4.74 Å². The van der Waals surface area contributed by atoms with Crippen LogP contribution in [0.1, 0.15) is 24.1 Å². The molecular formula is C19H27N5O. The SMILES string of the molecule is Cc1nc(-c2ccccn2)nc(NCC2(N(C)C)CCOCC2)c1C. The quantitative estimate of drug-likeness (QED) is 0.902. The monoisotopic (exact) mass is 341 g/mol. The number of likely N-dealkylation sites (N-methyl/N-ethyl adjacent to an activating group) is 1. The Morgan fingerprint density at radius 3 is 2.56 bits per heavy atom. The minimum absolute atomic E-state index is 0.0920. The molecule has 1 aliphatic rings. The van der Waals surface area contributed by atoms with E-state index in [9.17, 15) is 0 Å². The molecule has 6 nitrogen and oxygen atoms in total. The summed E-state index contributed by atoms with van der Waals surface area (Å²) in [7, 11) is 4.29. The van der Waals surface area contributed by atoms with E-state index in [1.807, 2.05) is 25.1 Å². The molecule has 6 heteroatoms. The summed E-state index contributed by atoms with van der Waals surface area (Å²) in [5.41, 5.74) is 2.95. The van der Waals surface area contributed by atoms with Crippen molar-refractivity contribution < 1.29 is 4.74 Å². The molecule has 134 valence electrons. The number of nitrogens with one attached hydrogen (secondary N) is 1. The molecule has 1 aliphatic heterocycles. The second-order valence-electron chi connectivity index (χ2n) is 6.91. The molecule has 3 rings (SSSR count). The standard InChI is InChI=1S/C19H27N5O/c1-14-15(2)22-18(16-7-5-6-10-20-16)23-17(14)21-13-19(24(3)4)8-11-25-12-9-19/h5-7,10H,8-9,11-13H2,1-4H3,(H,21,22,23). The largest absolute Gasteiger partial charge is 0.381 e. The molecule has 0 saturated carbocycles. The first-order valence-electron chi connectivity index (χ1n) is 8.77. The van der Waals surface area contributed by atoms with Crippen LogP contribution in [-0.4, -0.2) is 59.2 Å². The van der Waals surface area contributed by atoms with Gasteiger partial charge >= 0.3 is 0 Å². The van der Waals surface area contributed by atoms with Crippen molar-refractivity contribution in [2.24, 2.45) is 0 Å². The molecule has 0 atom stereocenters. The third-order valence-corrected chi connectivity index (χ3v) is 5.24. The van der Waals surface area contributed by atoms with Crippen molar-refractivity contribution >= 4 is 5.82 Å². The van der Waals surface area contributed by atoms with Crippen molar-refractivity contribution in [1.82, 2.24) is 19.9 Å². The maximum atomic E-state index is 5.56. The minimum Gasteiger partial charge on any atom is -0.381 e. The van der Waals surface area contributed by atoms with Crippen LogP contribution < -0.4 is 5.32 Å². The third-order valence-electron chi connectivity index (χ3n) is 5.24. The van der Waals surface area contributed by atoms with E-state index in [4.69, 9.17) is 9.72 Å². The molecule has 1 N–H and O–H groups in total. The maximum Gasteiger partial charge on any atom is 0.180 e. The first-order chi connectivity index (χ1) is 12.0. The van der Waals surface area contributed by atoms with Crippen molar-refractivity contribution in [3.05, 3.63) is 35.7 Å². The Labute approximate surface area is 149 Å². The topological polar surface area (TPSA) is 63.2 Å². The highest BCUT2D eigenvalue weighted by molar-refractivity contribution is 5.56. The van der Waals surface area contributed by atoms with Gasteiger partial charge in [-0.3, -0.25) is 4.98 Å². The fraction of sp³-hybridized carbons (Fsp3) is 0.526. The van der Waals surface area contributed by atoms with Crippen LogP contribution in [0, 0.1) is 13.8 Å². The summed E-state index contributed by atoms with van der Waals surface area (Å²) in [6.07, 6.45) is 3.80. The van der Waals surface area contributed by atoms with Gasteiger partial charge in [-0.2, -0.15) is 0 Å². The van der Waals surface area contributed by atoms with Crippen LogP contribution in [0.15, 0.2) is 24.4 Å². The third kappa shape index (κ3) is 3.80. The van der Waals surface area contributed by atoms with Gasteiger partial charge < -0.3 is 15.0 Å². The summed E-state index contributed by atoms with van der Waals surface area (Å²) >= 11 is 0. The highest BCUT2D eigenvalue weighted by atomic mass is 16.5. The van der Waals surface area contributed by atoms with Crippen molar-refractivity contribution in [1.29, 1.82) is 0 Å². The second-order valence-corrected chi connectivity index (χ2v) is 6.91. The first-order valence-corrected chi connectivity index (χ1v) is 8.77. The minimum atomic E-state index is 0.0920. The van der Waals surface area contributed by atoms with E-state index in [-0.39, 0.29) is 5.54 Å². The highest BCUT2D eigenvalue weighted by Crippen LogP contribution is 2.27. The molecule has 0 spiro atoms. The van der Waals surface area contributed by atoms with E-state index in [2.05, 4.69) is 41.2 Å². The molecule has 0 unspecified atom stereocenters. The van der Waals surface area contributed by atoms with Crippen LogP contribution in [0.3, 0.4) is 0 Å². The van der Waals surface area contributed by atoms with Gasteiger partial charge in [-0.15, -0.1) is 0 Å². The van der Waals surface area contributed by atoms with Crippen LogP contribution in [0.25, 0.3) is 11.5 Å². The Kier molecular flexibility index (Phi) is 5.30. The molecule has 1 fully saturated rings. The van der Waals surface area contributed by atoms with Crippen LogP contribution in [0.2, 0.25) is 0 Å². The zero-order valence-electron chi connectivity index (χ0n) is 15.5. The Morgan fingerprint density at radius 2 is 1.92 bits per heavy atom. The lowest BCUT2D eigenvalue weighted by atomic mass is 9.88. The second kappa shape index (κ2) is 7.45. The van der Waals surface area contributed by atoms with E-state index >= 15 is 0 Å². The van der Waals surface area contributed by atoms with Gasteiger partial charge in [0.25, 0.3) is 0 Å². The maximum absolute atomic E-state index is 5.56. The number of hydrogen-bond donors (Lipinski definition) is 1. The van der Waals surface area contributed by atoms with Gasteiger partial charge in [0.15, 0.2) is 5.82 Å². The van der Waals surface area contributed by atoms with Crippen LogP contribution in [0.4, 0.5) is 5.82 Å². The number of hydrogen-bond acceptors (Lipinski definition) is 6. The summed E-state index contributed by atoms with van der Waals surface area (Å²) in [4.78, 5) is 16.0.